The maximum Gasteiger partial charge on any atom is 0.0477 e. The summed E-state index contributed by atoms with van der Waals surface area (Å²) in [6, 6.07) is 0. The SMILES string of the molecule is CCCCCCCCCNCCCOCC. The van der Waals surface area contributed by atoms with Crippen molar-refractivity contribution in [1.29, 1.82) is 0 Å². The zero-order valence-corrected chi connectivity index (χ0v) is 11.4. The monoisotopic (exact) mass is 229 g/mol. The number of ether oxygens (including phenoxy) is 1. The molecule has 0 aliphatic carbocycles. The highest BCUT2D eigenvalue weighted by Gasteiger charge is 1.91. The highest BCUT2D eigenvalue weighted by atomic mass is 16.5. The lowest BCUT2D eigenvalue weighted by Crippen LogP contribution is -2.18. The molecule has 0 amide bonds. The molecule has 0 aromatic heterocycles. The Labute approximate surface area is 102 Å². The predicted molar refractivity (Wildman–Crippen MR) is 72.0 cm³/mol. The summed E-state index contributed by atoms with van der Waals surface area (Å²) >= 11 is 0. The van der Waals surface area contributed by atoms with Gasteiger partial charge in [-0.3, -0.25) is 0 Å². The summed E-state index contributed by atoms with van der Waals surface area (Å²) in [5.74, 6) is 0. The quantitative estimate of drug-likeness (QED) is 0.486. The lowest BCUT2D eigenvalue weighted by atomic mass is 10.1. The standard InChI is InChI=1S/C14H31NO/c1-3-5-6-7-8-9-10-12-15-13-11-14-16-4-2/h15H,3-14H2,1-2H3. The summed E-state index contributed by atoms with van der Waals surface area (Å²) in [6.45, 7) is 8.35. The second-order valence-electron chi connectivity index (χ2n) is 4.42. The van der Waals surface area contributed by atoms with Gasteiger partial charge in [0, 0.05) is 13.2 Å². The smallest absolute Gasteiger partial charge is 0.0477 e. The topological polar surface area (TPSA) is 21.3 Å². The van der Waals surface area contributed by atoms with Crippen LogP contribution in [-0.4, -0.2) is 26.3 Å². The van der Waals surface area contributed by atoms with Crippen LogP contribution in [0.25, 0.3) is 0 Å². The molecule has 0 aliphatic rings. The van der Waals surface area contributed by atoms with Crippen LogP contribution in [0.15, 0.2) is 0 Å². The van der Waals surface area contributed by atoms with Crippen LogP contribution in [0.5, 0.6) is 0 Å². The molecular weight excluding hydrogens is 198 g/mol. The van der Waals surface area contributed by atoms with E-state index in [1.165, 1.54) is 51.5 Å². The molecule has 0 heterocycles. The van der Waals surface area contributed by atoms with Crippen LogP contribution in [0.2, 0.25) is 0 Å². The Bertz CT molecular complexity index is 103. The van der Waals surface area contributed by atoms with E-state index in [1.807, 2.05) is 6.92 Å². The summed E-state index contributed by atoms with van der Waals surface area (Å²) in [7, 11) is 0. The van der Waals surface area contributed by atoms with E-state index >= 15 is 0 Å². The van der Waals surface area contributed by atoms with Crippen molar-refractivity contribution in [2.45, 2.75) is 65.2 Å². The summed E-state index contributed by atoms with van der Waals surface area (Å²) in [6.07, 6.45) is 10.9. The molecule has 0 aromatic carbocycles. The molecule has 0 rings (SSSR count). The van der Waals surface area contributed by atoms with Crippen LogP contribution in [0.4, 0.5) is 0 Å². The van der Waals surface area contributed by atoms with Crippen LogP contribution >= 0.6 is 0 Å². The molecule has 98 valence electrons. The summed E-state index contributed by atoms with van der Waals surface area (Å²) in [4.78, 5) is 0. The first-order valence-electron chi connectivity index (χ1n) is 7.20. The van der Waals surface area contributed by atoms with E-state index in [-0.39, 0.29) is 0 Å². The van der Waals surface area contributed by atoms with Gasteiger partial charge in [-0.2, -0.15) is 0 Å². The molecule has 0 saturated carbocycles. The first kappa shape index (κ1) is 15.9. The maximum atomic E-state index is 5.28. The largest absolute Gasteiger partial charge is 0.382 e. The molecule has 16 heavy (non-hydrogen) atoms. The third-order valence-corrected chi connectivity index (χ3v) is 2.80. The Morgan fingerprint density at radius 1 is 0.750 bits per heavy atom. The van der Waals surface area contributed by atoms with Crippen molar-refractivity contribution >= 4 is 0 Å². The van der Waals surface area contributed by atoms with E-state index in [2.05, 4.69) is 12.2 Å². The van der Waals surface area contributed by atoms with E-state index in [0.29, 0.717) is 0 Å². The highest BCUT2D eigenvalue weighted by Crippen LogP contribution is 2.06. The van der Waals surface area contributed by atoms with Crippen molar-refractivity contribution in [2.75, 3.05) is 26.3 Å². The summed E-state index contributed by atoms with van der Waals surface area (Å²) < 4.78 is 5.28. The molecule has 2 nitrogen and oxygen atoms in total. The van der Waals surface area contributed by atoms with E-state index in [0.717, 1.165) is 26.2 Å². The van der Waals surface area contributed by atoms with Crippen molar-refractivity contribution in [2.24, 2.45) is 0 Å². The van der Waals surface area contributed by atoms with Gasteiger partial charge in [0.15, 0.2) is 0 Å². The van der Waals surface area contributed by atoms with E-state index in [9.17, 15) is 0 Å². The lowest BCUT2D eigenvalue weighted by Gasteiger charge is -2.05. The van der Waals surface area contributed by atoms with E-state index < -0.39 is 0 Å². The molecule has 0 radical (unpaired) electrons. The zero-order valence-electron chi connectivity index (χ0n) is 11.4. The van der Waals surface area contributed by atoms with Crippen molar-refractivity contribution < 1.29 is 4.74 Å². The Kier molecular flexibility index (Phi) is 14.8. The van der Waals surface area contributed by atoms with Crippen LogP contribution < -0.4 is 5.32 Å². The summed E-state index contributed by atoms with van der Waals surface area (Å²) in [5.41, 5.74) is 0. The van der Waals surface area contributed by atoms with Gasteiger partial charge >= 0.3 is 0 Å². The normalized spacial score (nSPS) is 10.9. The van der Waals surface area contributed by atoms with Crippen LogP contribution in [-0.2, 0) is 4.74 Å². The molecule has 0 aromatic rings. The minimum absolute atomic E-state index is 0.845. The second kappa shape index (κ2) is 14.9. The van der Waals surface area contributed by atoms with Gasteiger partial charge in [-0.05, 0) is 32.9 Å². The third kappa shape index (κ3) is 13.9. The van der Waals surface area contributed by atoms with Gasteiger partial charge in [-0.15, -0.1) is 0 Å². The van der Waals surface area contributed by atoms with Gasteiger partial charge in [0.25, 0.3) is 0 Å². The molecule has 0 bridgehead atoms. The molecule has 0 saturated heterocycles. The zero-order chi connectivity index (χ0) is 11.9. The predicted octanol–water partition coefficient (Wildman–Crippen LogP) is 3.75. The fourth-order valence-corrected chi connectivity index (χ4v) is 1.78. The Morgan fingerprint density at radius 3 is 2.06 bits per heavy atom. The van der Waals surface area contributed by atoms with Gasteiger partial charge in [0.05, 0.1) is 0 Å². The van der Waals surface area contributed by atoms with Crippen molar-refractivity contribution in [3.05, 3.63) is 0 Å². The second-order valence-corrected chi connectivity index (χ2v) is 4.42. The van der Waals surface area contributed by atoms with Gasteiger partial charge in [-0.1, -0.05) is 45.4 Å². The van der Waals surface area contributed by atoms with Gasteiger partial charge in [0.2, 0.25) is 0 Å². The molecule has 0 unspecified atom stereocenters. The molecule has 1 N–H and O–H groups in total. The van der Waals surface area contributed by atoms with Crippen LogP contribution in [0.3, 0.4) is 0 Å². The fourth-order valence-electron chi connectivity index (χ4n) is 1.78. The van der Waals surface area contributed by atoms with Gasteiger partial charge in [-0.25, -0.2) is 0 Å². The van der Waals surface area contributed by atoms with Crippen molar-refractivity contribution in [3.63, 3.8) is 0 Å². The average Bonchev–Trinajstić information content (AvgIpc) is 2.31. The maximum absolute atomic E-state index is 5.28. The summed E-state index contributed by atoms with van der Waals surface area (Å²) in [5, 5.41) is 3.47. The van der Waals surface area contributed by atoms with Crippen LogP contribution in [0.1, 0.15) is 65.2 Å². The number of rotatable bonds is 13. The average molecular weight is 229 g/mol. The van der Waals surface area contributed by atoms with Gasteiger partial charge in [0.1, 0.15) is 0 Å². The molecule has 0 aliphatic heterocycles. The molecular formula is C14H31NO. The minimum Gasteiger partial charge on any atom is -0.382 e. The number of unbranched alkanes of at least 4 members (excludes halogenated alkanes) is 6. The first-order valence-corrected chi connectivity index (χ1v) is 7.20. The van der Waals surface area contributed by atoms with Crippen LogP contribution in [0, 0.1) is 0 Å². The van der Waals surface area contributed by atoms with E-state index in [1.54, 1.807) is 0 Å². The molecule has 2 heteroatoms. The fraction of sp³-hybridized carbons (Fsp3) is 1.00. The Hall–Kier alpha value is -0.0800. The third-order valence-electron chi connectivity index (χ3n) is 2.80. The Morgan fingerprint density at radius 2 is 1.38 bits per heavy atom. The van der Waals surface area contributed by atoms with E-state index in [4.69, 9.17) is 4.74 Å². The number of hydrogen-bond acceptors (Lipinski definition) is 2. The minimum atomic E-state index is 0.845. The lowest BCUT2D eigenvalue weighted by molar-refractivity contribution is 0.145. The number of nitrogens with one attached hydrogen (secondary N) is 1. The first-order chi connectivity index (χ1) is 7.91. The molecule has 0 atom stereocenters. The van der Waals surface area contributed by atoms with Crippen molar-refractivity contribution in [3.8, 4) is 0 Å². The highest BCUT2D eigenvalue weighted by molar-refractivity contribution is 4.50. The van der Waals surface area contributed by atoms with Gasteiger partial charge < -0.3 is 10.1 Å². The molecule has 0 fully saturated rings. The Balaban J connectivity index is 2.83. The van der Waals surface area contributed by atoms with Crippen molar-refractivity contribution in [1.82, 2.24) is 5.32 Å². The molecule has 0 spiro atoms. The number of hydrogen-bond donors (Lipinski definition) is 1.